The zero-order chi connectivity index (χ0) is 18.0. The fraction of sp³-hybridized carbons (Fsp3) is 0.263. The van der Waals surface area contributed by atoms with E-state index in [0.717, 1.165) is 5.56 Å². The van der Waals surface area contributed by atoms with Gasteiger partial charge in [0.05, 0.1) is 21.7 Å². The molecule has 130 valence electrons. The van der Waals surface area contributed by atoms with Crippen LogP contribution in [0, 0.1) is 5.92 Å². The number of benzene rings is 2. The first-order valence-corrected chi connectivity index (χ1v) is 8.76. The highest BCUT2D eigenvalue weighted by Crippen LogP contribution is 2.36. The fourth-order valence-corrected chi connectivity index (χ4v) is 3.45. The number of rotatable bonds is 4. The Morgan fingerprint density at radius 1 is 1.16 bits per heavy atom. The predicted octanol–water partition coefficient (Wildman–Crippen LogP) is 4.00. The van der Waals surface area contributed by atoms with E-state index < -0.39 is 0 Å². The molecule has 0 spiro atoms. The van der Waals surface area contributed by atoms with Crippen molar-refractivity contribution in [1.29, 1.82) is 0 Å². The number of hydrogen-bond acceptors (Lipinski definition) is 2. The highest BCUT2D eigenvalue weighted by molar-refractivity contribution is 6.44. The zero-order valence-electron chi connectivity index (χ0n) is 13.8. The lowest BCUT2D eigenvalue weighted by atomic mass is 10.1. The third-order valence-electron chi connectivity index (χ3n) is 4.34. The summed E-state index contributed by atoms with van der Waals surface area (Å²) in [6, 6.07) is 14.9. The first-order chi connectivity index (χ1) is 12.0. The Balaban J connectivity index is 1.71. The molecule has 2 amide bonds. The lowest BCUT2D eigenvalue weighted by Gasteiger charge is -2.22. The van der Waals surface area contributed by atoms with E-state index in [1.54, 1.807) is 35.0 Å². The lowest BCUT2D eigenvalue weighted by Crippen LogP contribution is -2.34. The molecule has 1 unspecified atom stereocenters. The minimum absolute atomic E-state index is 0.0437. The fourth-order valence-electron chi connectivity index (χ4n) is 3.05. The number of hydrogen-bond donors (Lipinski definition) is 0. The topological polar surface area (TPSA) is 40.6 Å². The molecule has 0 radical (unpaired) electrons. The molecule has 25 heavy (non-hydrogen) atoms. The van der Waals surface area contributed by atoms with E-state index in [2.05, 4.69) is 0 Å². The number of anilines is 1. The zero-order valence-corrected chi connectivity index (χ0v) is 15.3. The van der Waals surface area contributed by atoms with Gasteiger partial charge in [-0.2, -0.15) is 0 Å². The summed E-state index contributed by atoms with van der Waals surface area (Å²) in [5, 5.41) is 0.728. The first-order valence-electron chi connectivity index (χ1n) is 8.00. The van der Waals surface area contributed by atoms with Gasteiger partial charge in [0, 0.05) is 26.6 Å². The minimum Gasteiger partial charge on any atom is -0.341 e. The van der Waals surface area contributed by atoms with Crippen molar-refractivity contribution in [2.24, 2.45) is 5.92 Å². The standard InChI is InChI=1S/C19H18Cl2N2O2/c1-22(11-13-6-3-2-4-7-13)19(25)14-10-17(24)23(12-14)16-9-5-8-15(20)18(16)21/h2-9,14H,10-12H2,1H3. The van der Waals surface area contributed by atoms with Crippen LogP contribution < -0.4 is 4.90 Å². The molecule has 0 aromatic heterocycles. The van der Waals surface area contributed by atoms with Crippen LogP contribution in [0.3, 0.4) is 0 Å². The van der Waals surface area contributed by atoms with Crippen LogP contribution in [0.15, 0.2) is 48.5 Å². The van der Waals surface area contributed by atoms with Crippen LogP contribution in [0.5, 0.6) is 0 Å². The number of nitrogens with zero attached hydrogens (tertiary/aromatic N) is 2. The maximum Gasteiger partial charge on any atom is 0.228 e. The van der Waals surface area contributed by atoms with Crippen LogP contribution in [0.1, 0.15) is 12.0 Å². The van der Waals surface area contributed by atoms with Gasteiger partial charge in [0.25, 0.3) is 0 Å². The van der Waals surface area contributed by atoms with Gasteiger partial charge in [0.15, 0.2) is 0 Å². The summed E-state index contributed by atoms with van der Waals surface area (Å²) in [7, 11) is 1.76. The average molecular weight is 377 g/mol. The molecule has 4 nitrogen and oxygen atoms in total. The average Bonchev–Trinajstić information content (AvgIpc) is 2.99. The molecular formula is C19H18Cl2N2O2. The second-order valence-electron chi connectivity index (χ2n) is 6.16. The molecular weight excluding hydrogens is 359 g/mol. The Bertz CT molecular complexity index is 795. The number of carbonyl (C=O) groups is 2. The molecule has 0 bridgehead atoms. The molecule has 0 saturated carbocycles. The number of halogens is 2. The Morgan fingerprint density at radius 3 is 2.60 bits per heavy atom. The van der Waals surface area contributed by atoms with Crippen LogP contribution >= 0.6 is 23.2 Å². The molecule has 1 fully saturated rings. The maximum atomic E-state index is 12.7. The minimum atomic E-state index is -0.378. The van der Waals surface area contributed by atoms with Crippen molar-refractivity contribution < 1.29 is 9.59 Å². The van der Waals surface area contributed by atoms with Crippen molar-refractivity contribution in [3.63, 3.8) is 0 Å². The Morgan fingerprint density at radius 2 is 1.88 bits per heavy atom. The smallest absolute Gasteiger partial charge is 0.228 e. The van der Waals surface area contributed by atoms with E-state index in [1.807, 2.05) is 30.3 Å². The van der Waals surface area contributed by atoms with Gasteiger partial charge >= 0.3 is 0 Å². The molecule has 2 aromatic carbocycles. The molecule has 2 aromatic rings. The Labute approximate surface area is 156 Å². The summed E-state index contributed by atoms with van der Waals surface area (Å²) in [5.74, 6) is -0.537. The van der Waals surface area contributed by atoms with Gasteiger partial charge < -0.3 is 9.80 Å². The SMILES string of the molecule is CN(Cc1ccccc1)C(=O)C1CC(=O)N(c2cccc(Cl)c2Cl)C1. The summed E-state index contributed by atoms with van der Waals surface area (Å²) in [6.45, 7) is 0.832. The van der Waals surface area contributed by atoms with Crippen molar-refractivity contribution in [3.05, 3.63) is 64.1 Å². The van der Waals surface area contributed by atoms with E-state index in [9.17, 15) is 9.59 Å². The highest BCUT2D eigenvalue weighted by atomic mass is 35.5. The van der Waals surface area contributed by atoms with E-state index in [0.29, 0.717) is 28.8 Å². The van der Waals surface area contributed by atoms with E-state index in [1.165, 1.54) is 0 Å². The second kappa shape index (κ2) is 7.46. The molecule has 1 aliphatic rings. The normalized spacial score (nSPS) is 17.0. The second-order valence-corrected chi connectivity index (χ2v) is 6.94. The van der Waals surface area contributed by atoms with Crippen LogP contribution in [-0.2, 0) is 16.1 Å². The molecule has 1 saturated heterocycles. The van der Waals surface area contributed by atoms with Gasteiger partial charge in [0.1, 0.15) is 0 Å². The van der Waals surface area contributed by atoms with E-state index in [4.69, 9.17) is 23.2 Å². The van der Waals surface area contributed by atoms with Gasteiger partial charge in [-0.25, -0.2) is 0 Å². The van der Waals surface area contributed by atoms with Crippen LogP contribution in [0.25, 0.3) is 0 Å². The van der Waals surface area contributed by atoms with Crippen molar-refractivity contribution in [2.45, 2.75) is 13.0 Å². The van der Waals surface area contributed by atoms with Gasteiger partial charge in [0.2, 0.25) is 11.8 Å². The lowest BCUT2D eigenvalue weighted by molar-refractivity contribution is -0.135. The molecule has 3 rings (SSSR count). The monoisotopic (exact) mass is 376 g/mol. The number of amides is 2. The van der Waals surface area contributed by atoms with Crippen molar-refractivity contribution in [2.75, 3.05) is 18.5 Å². The maximum absolute atomic E-state index is 12.7. The Hall–Kier alpha value is -2.04. The van der Waals surface area contributed by atoms with Crippen molar-refractivity contribution in [1.82, 2.24) is 4.90 Å². The molecule has 1 heterocycles. The predicted molar refractivity (Wildman–Crippen MR) is 99.8 cm³/mol. The number of carbonyl (C=O) groups excluding carboxylic acids is 2. The summed E-state index contributed by atoms with van der Waals surface area (Å²) >= 11 is 12.2. The van der Waals surface area contributed by atoms with Gasteiger partial charge in [-0.1, -0.05) is 59.6 Å². The third-order valence-corrected chi connectivity index (χ3v) is 5.14. The first kappa shape index (κ1) is 17.8. The van der Waals surface area contributed by atoms with Crippen LogP contribution in [0.2, 0.25) is 10.0 Å². The van der Waals surface area contributed by atoms with E-state index >= 15 is 0 Å². The molecule has 6 heteroatoms. The molecule has 1 aliphatic heterocycles. The largest absolute Gasteiger partial charge is 0.341 e. The Kier molecular flexibility index (Phi) is 5.30. The highest BCUT2D eigenvalue weighted by Gasteiger charge is 2.37. The van der Waals surface area contributed by atoms with Crippen LogP contribution in [-0.4, -0.2) is 30.3 Å². The summed E-state index contributed by atoms with van der Waals surface area (Å²) in [5.41, 5.74) is 1.61. The van der Waals surface area contributed by atoms with Gasteiger partial charge in [-0.05, 0) is 17.7 Å². The van der Waals surface area contributed by atoms with Crippen LogP contribution in [0.4, 0.5) is 5.69 Å². The summed E-state index contributed by atoms with van der Waals surface area (Å²) < 4.78 is 0. The summed E-state index contributed by atoms with van der Waals surface area (Å²) in [6.07, 6.45) is 0.181. The van der Waals surface area contributed by atoms with Gasteiger partial charge in [-0.3, -0.25) is 9.59 Å². The van der Waals surface area contributed by atoms with Gasteiger partial charge in [-0.15, -0.1) is 0 Å². The van der Waals surface area contributed by atoms with Crippen molar-refractivity contribution >= 4 is 40.7 Å². The molecule has 0 N–H and O–H groups in total. The third kappa shape index (κ3) is 3.80. The summed E-state index contributed by atoms with van der Waals surface area (Å²) in [4.78, 5) is 28.3. The quantitative estimate of drug-likeness (QED) is 0.808. The molecule has 0 aliphatic carbocycles. The van der Waals surface area contributed by atoms with E-state index in [-0.39, 0.29) is 24.2 Å². The van der Waals surface area contributed by atoms with Crippen molar-refractivity contribution in [3.8, 4) is 0 Å². The molecule has 1 atom stereocenters.